The number of hydrogen-bond donors (Lipinski definition) is 1. The zero-order chi connectivity index (χ0) is 22.8. The molecule has 2 rings (SSSR count). The number of hydrogen-bond acceptors (Lipinski definition) is 4. The molecule has 0 saturated carbocycles. The van der Waals surface area contributed by atoms with Crippen LogP contribution in [-0.2, 0) is 21.9 Å². The summed E-state index contributed by atoms with van der Waals surface area (Å²) in [5, 5.41) is 3.62. The van der Waals surface area contributed by atoms with Crippen LogP contribution in [0, 0.1) is 5.92 Å². The molecule has 1 N–H and O–H groups in total. The van der Waals surface area contributed by atoms with Crippen molar-refractivity contribution < 1.29 is 14.3 Å². The fourth-order valence-corrected chi connectivity index (χ4v) is 4.00. The summed E-state index contributed by atoms with van der Waals surface area (Å²) in [7, 11) is 1.61. The van der Waals surface area contributed by atoms with Crippen LogP contribution in [0.15, 0.2) is 48.5 Å². The number of ether oxygens (including phenoxy) is 1. The Labute approximate surface area is 194 Å². The highest BCUT2D eigenvalue weighted by Crippen LogP contribution is 2.19. The third-order valence-electron chi connectivity index (χ3n) is 4.75. The molecule has 1 unspecified atom stereocenters. The Morgan fingerprint density at radius 2 is 1.81 bits per heavy atom. The van der Waals surface area contributed by atoms with Crippen molar-refractivity contribution in [3.63, 3.8) is 0 Å². The van der Waals surface area contributed by atoms with Gasteiger partial charge in [0.15, 0.2) is 0 Å². The molecule has 7 heteroatoms. The molecule has 2 amide bonds. The van der Waals surface area contributed by atoms with E-state index >= 15 is 0 Å². The molecule has 0 radical (unpaired) electrons. The van der Waals surface area contributed by atoms with Gasteiger partial charge in [-0.2, -0.15) is 0 Å². The topological polar surface area (TPSA) is 58.6 Å². The number of benzene rings is 2. The standard InChI is InChI=1S/C24H31ClN2O3S/c1-17(2)13-26-24(29)18(3)27(14-19-8-10-22(30-4)11-9-19)23(28)16-31-15-20-6-5-7-21(25)12-20/h5-12,17-18H,13-16H2,1-4H3,(H,26,29). The maximum absolute atomic E-state index is 13.1. The lowest BCUT2D eigenvalue weighted by Crippen LogP contribution is -2.48. The van der Waals surface area contributed by atoms with Crippen LogP contribution in [0.4, 0.5) is 0 Å². The van der Waals surface area contributed by atoms with Gasteiger partial charge in [0.25, 0.3) is 0 Å². The van der Waals surface area contributed by atoms with Crippen molar-refractivity contribution in [3.8, 4) is 5.75 Å². The number of carbonyl (C=O) groups is 2. The summed E-state index contributed by atoms with van der Waals surface area (Å²) in [4.78, 5) is 27.4. The first kappa shape index (κ1) is 25.1. The number of methoxy groups -OCH3 is 1. The molecule has 0 heterocycles. The Bertz CT molecular complexity index is 858. The monoisotopic (exact) mass is 462 g/mol. The molecule has 168 valence electrons. The highest BCUT2D eigenvalue weighted by molar-refractivity contribution is 7.99. The van der Waals surface area contributed by atoms with E-state index in [1.54, 1.807) is 18.9 Å². The summed E-state index contributed by atoms with van der Waals surface area (Å²) < 4.78 is 5.21. The number of amides is 2. The quantitative estimate of drug-likeness (QED) is 0.522. The third kappa shape index (κ3) is 8.46. The van der Waals surface area contributed by atoms with Gasteiger partial charge < -0.3 is 15.0 Å². The van der Waals surface area contributed by atoms with Gasteiger partial charge in [0.05, 0.1) is 12.9 Å². The highest BCUT2D eigenvalue weighted by Gasteiger charge is 2.26. The second-order valence-corrected chi connectivity index (χ2v) is 9.23. The third-order valence-corrected chi connectivity index (χ3v) is 5.97. The first-order valence-electron chi connectivity index (χ1n) is 10.3. The van der Waals surface area contributed by atoms with Crippen molar-refractivity contribution in [3.05, 3.63) is 64.7 Å². The van der Waals surface area contributed by atoms with Gasteiger partial charge in [-0.1, -0.05) is 49.7 Å². The van der Waals surface area contributed by atoms with Crippen molar-refractivity contribution in [1.29, 1.82) is 0 Å². The normalized spacial score (nSPS) is 11.8. The molecule has 5 nitrogen and oxygen atoms in total. The molecule has 0 saturated heterocycles. The van der Waals surface area contributed by atoms with Gasteiger partial charge in [-0.25, -0.2) is 0 Å². The van der Waals surface area contributed by atoms with E-state index < -0.39 is 6.04 Å². The van der Waals surface area contributed by atoms with Crippen molar-refractivity contribution in [2.24, 2.45) is 5.92 Å². The molecule has 0 bridgehead atoms. The van der Waals surface area contributed by atoms with Gasteiger partial charge in [0.1, 0.15) is 11.8 Å². The minimum absolute atomic E-state index is 0.0740. The number of nitrogens with zero attached hydrogens (tertiary/aromatic N) is 1. The van der Waals surface area contributed by atoms with Gasteiger partial charge >= 0.3 is 0 Å². The van der Waals surface area contributed by atoms with Crippen LogP contribution in [0.2, 0.25) is 5.02 Å². The summed E-state index contributed by atoms with van der Waals surface area (Å²) in [6.07, 6.45) is 0. The lowest BCUT2D eigenvalue weighted by molar-refractivity contribution is -0.138. The van der Waals surface area contributed by atoms with Gasteiger partial charge in [0.2, 0.25) is 11.8 Å². The smallest absolute Gasteiger partial charge is 0.242 e. The Balaban J connectivity index is 2.06. The summed E-state index contributed by atoms with van der Waals surface area (Å²) in [5.74, 6) is 1.84. The Hall–Kier alpha value is -2.18. The van der Waals surface area contributed by atoms with Crippen LogP contribution < -0.4 is 10.1 Å². The number of nitrogens with one attached hydrogen (secondary N) is 1. The van der Waals surface area contributed by atoms with E-state index in [2.05, 4.69) is 5.32 Å². The van der Waals surface area contributed by atoms with E-state index in [9.17, 15) is 9.59 Å². The summed E-state index contributed by atoms with van der Waals surface area (Å²) in [6, 6.07) is 14.6. The van der Waals surface area contributed by atoms with Crippen LogP contribution in [0.25, 0.3) is 0 Å². The maximum Gasteiger partial charge on any atom is 0.242 e. The molecule has 0 spiro atoms. The predicted octanol–water partition coefficient (Wildman–Crippen LogP) is 4.77. The molecular formula is C24H31ClN2O3S. The van der Waals surface area contributed by atoms with Gasteiger partial charge in [-0.15, -0.1) is 11.8 Å². The maximum atomic E-state index is 13.1. The molecule has 0 aliphatic rings. The highest BCUT2D eigenvalue weighted by atomic mass is 35.5. The first-order chi connectivity index (χ1) is 14.8. The Kier molecular flexibility index (Phi) is 10.2. The van der Waals surface area contributed by atoms with E-state index in [-0.39, 0.29) is 17.6 Å². The lowest BCUT2D eigenvalue weighted by Gasteiger charge is -2.29. The molecule has 0 aliphatic heterocycles. The fourth-order valence-electron chi connectivity index (χ4n) is 2.93. The van der Waals surface area contributed by atoms with Crippen molar-refractivity contribution >= 4 is 35.2 Å². The first-order valence-corrected chi connectivity index (χ1v) is 11.9. The van der Waals surface area contributed by atoms with Crippen LogP contribution >= 0.6 is 23.4 Å². The van der Waals surface area contributed by atoms with Crippen molar-refractivity contribution in [1.82, 2.24) is 10.2 Å². The van der Waals surface area contributed by atoms with Crippen LogP contribution in [0.1, 0.15) is 31.9 Å². The molecule has 1 atom stereocenters. The molecule has 0 fully saturated rings. The molecule has 31 heavy (non-hydrogen) atoms. The second-order valence-electron chi connectivity index (χ2n) is 7.81. The predicted molar refractivity (Wildman–Crippen MR) is 128 cm³/mol. The number of thioether (sulfide) groups is 1. The molecule has 0 aliphatic carbocycles. The minimum atomic E-state index is -0.569. The zero-order valence-electron chi connectivity index (χ0n) is 18.6. The van der Waals surface area contributed by atoms with Gasteiger partial charge in [-0.05, 0) is 48.2 Å². The van der Waals surface area contributed by atoms with Crippen LogP contribution in [-0.4, -0.2) is 42.2 Å². The van der Waals surface area contributed by atoms with Crippen LogP contribution in [0.5, 0.6) is 5.75 Å². The number of rotatable bonds is 11. The lowest BCUT2D eigenvalue weighted by atomic mass is 10.1. The SMILES string of the molecule is COc1ccc(CN(C(=O)CSCc2cccc(Cl)c2)C(C)C(=O)NCC(C)C)cc1. The second kappa shape index (κ2) is 12.6. The van der Waals surface area contributed by atoms with E-state index in [1.807, 2.05) is 62.4 Å². The number of carbonyl (C=O) groups excluding carboxylic acids is 2. The van der Waals surface area contributed by atoms with E-state index in [4.69, 9.17) is 16.3 Å². The summed E-state index contributed by atoms with van der Waals surface area (Å²) in [5.41, 5.74) is 2.01. The van der Waals surface area contributed by atoms with Crippen LogP contribution in [0.3, 0.4) is 0 Å². The average molecular weight is 463 g/mol. The zero-order valence-corrected chi connectivity index (χ0v) is 20.1. The number of halogens is 1. The Morgan fingerprint density at radius 3 is 2.42 bits per heavy atom. The van der Waals surface area contributed by atoms with E-state index in [0.717, 1.165) is 16.9 Å². The molecule has 0 aromatic heterocycles. The fraction of sp³-hybridized carbons (Fsp3) is 0.417. The summed E-state index contributed by atoms with van der Waals surface area (Å²) in [6.45, 7) is 6.79. The van der Waals surface area contributed by atoms with E-state index in [1.165, 1.54) is 11.8 Å². The minimum Gasteiger partial charge on any atom is -0.497 e. The average Bonchev–Trinajstić information content (AvgIpc) is 2.75. The van der Waals surface area contributed by atoms with Gasteiger partial charge in [0, 0.05) is 23.9 Å². The van der Waals surface area contributed by atoms with Gasteiger partial charge in [-0.3, -0.25) is 9.59 Å². The molecule has 2 aromatic carbocycles. The van der Waals surface area contributed by atoms with Crippen molar-refractivity contribution in [2.45, 2.75) is 39.1 Å². The van der Waals surface area contributed by atoms with E-state index in [0.29, 0.717) is 29.8 Å². The largest absolute Gasteiger partial charge is 0.497 e. The summed E-state index contributed by atoms with van der Waals surface area (Å²) >= 11 is 7.55. The molecule has 2 aromatic rings. The molecular weight excluding hydrogens is 432 g/mol. The Morgan fingerprint density at radius 1 is 1.10 bits per heavy atom. The van der Waals surface area contributed by atoms with Crippen molar-refractivity contribution in [2.75, 3.05) is 19.4 Å².